The van der Waals surface area contributed by atoms with Crippen LogP contribution in [0.25, 0.3) is 0 Å². The summed E-state index contributed by atoms with van der Waals surface area (Å²) in [6.45, 7) is 7.51. The van der Waals surface area contributed by atoms with Crippen LogP contribution >= 0.6 is 0 Å². The SMILES string of the molecule is Cc1ccccc1C(=O)N(C)c1ccc(S(=O)(=O)N[C@H](C)C2CCNCC2)cc1C. The van der Waals surface area contributed by atoms with Crippen LogP contribution in [0.15, 0.2) is 47.4 Å². The molecule has 2 aromatic carbocycles. The molecule has 0 spiro atoms. The maximum atomic E-state index is 12.9. The van der Waals surface area contributed by atoms with Gasteiger partial charge in [0, 0.05) is 24.3 Å². The lowest BCUT2D eigenvalue weighted by atomic mass is 9.92. The maximum Gasteiger partial charge on any atom is 0.258 e. The number of amides is 1. The monoisotopic (exact) mass is 429 g/mol. The van der Waals surface area contributed by atoms with Crippen LogP contribution in [0.4, 0.5) is 5.69 Å². The lowest BCUT2D eigenvalue weighted by molar-refractivity contribution is 0.0992. The highest BCUT2D eigenvalue weighted by Crippen LogP contribution is 2.25. The second kappa shape index (κ2) is 9.29. The summed E-state index contributed by atoms with van der Waals surface area (Å²) in [6.07, 6.45) is 1.93. The molecule has 0 unspecified atom stereocenters. The van der Waals surface area contributed by atoms with E-state index in [9.17, 15) is 13.2 Å². The standard InChI is InChI=1S/C23H31N3O3S/c1-16-7-5-6-8-21(16)23(27)26(4)22-10-9-20(15-17(22)2)30(28,29)25-18(3)19-11-13-24-14-12-19/h5-10,15,18-19,24-25H,11-14H2,1-4H3/t18-/m1/s1. The number of carbonyl (C=O) groups excluding carboxylic acids is 1. The van der Waals surface area contributed by atoms with Gasteiger partial charge in [0.15, 0.2) is 0 Å². The summed E-state index contributed by atoms with van der Waals surface area (Å²) in [5, 5.41) is 3.30. The van der Waals surface area contributed by atoms with Crippen molar-refractivity contribution in [1.82, 2.24) is 10.0 Å². The molecule has 3 rings (SSSR count). The number of nitrogens with one attached hydrogen (secondary N) is 2. The number of nitrogens with zero attached hydrogens (tertiary/aromatic N) is 1. The Hall–Kier alpha value is -2.22. The average Bonchev–Trinajstić information content (AvgIpc) is 2.73. The van der Waals surface area contributed by atoms with Crippen LogP contribution in [-0.2, 0) is 10.0 Å². The molecular formula is C23H31N3O3S. The van der Waals surface area contributed by atoms with E-state index >= 15 is 0 Å². The smallest absolute Gasteiger partial charge is 0.258 e. The number of piperidine rings is 1. The molecule has 1 saturated heterocycles. The largest absolute Gasteiger partial charge is 0.317 e. The summed E-state index contributed by atoms with van der Waals surface area (Å²) >= 11 is 0. The number of carbonyl (C=O) groups is 1. The van der Waals surface area contributed by atoms with Crippen molar-refractivity contribution in [3.63, 3.8) is 0 Å². The molecule has 2 N–H and O–H groups in total. The van der Waals surface area contributed by atoms with Gasteiger partial charge in [-0.2, -0.15) is 0 Å². The highest BCUT2D eigenvalue weighted by Gasteiger charge is 2.26. The molecule has 1 aliphatic rings. The van der Waals surface area contributed by atoms with Gasteiger partial charge in [-0.05, 0) is 88.0 Å². The van der Waals surface area contributed by atoms with Crippen molar-refractivity contribution < 1.29 is 13.2 Å². The molecule has 0 bridgehead atoms. The van der Waals surface area contributed by atoms with Gasteiger partial charge in [0.05, 0.1) is 4.90 Å². The molecular weight excluding hydrogens is 398 g/mol. The van der Waals surface area contributed by atoms with Crippen molar-refractivity contribution in [2.24, 2.45) is 5.92 Å². The minimum atomic E-state index is -3.63. The zero-order chi connectivity index (χ0) is 21.9. The summed E-state index contributed by atoms with van der Waals surface area (Å²) < 4.78 is 28.7. The second-order valence-corrected chi connectivity index (χ2v) is 9.84. The normalized spacial score (nSPS) is 16.3. The van der Waals surface area contributed by atoms with Gasteiger partial charge in [-0.15, -0.1) is 0 Å². The predicted octanol–water partition coefficient (Wildman–Crippen LogP) is 3.25. The number of rotatable bonds is 6. The third-order valence-electron chi connectivity index (χ3n) is 5.95. The number of sulfonamides is 1. The van der Waals surface area contributed by atoms with Crippen LogP contribution in [0.3, 0.4) is 0 Å². The number of hydrogen-bond acceptors (Lipinski definition) is 4. The Morgan fingerprint density at radius 3 is 2.40 bits per heavy atom. The van der Waals surface area contributed by atoms with Gasteiger partial charge >= 0.3 is 0 Å². The van der Waals surface area contributed by atoms with Gasteiger partial charge in [-0.25, -0.2) is 13.1 Å². The van der Waals surface area contributed by atoms with E-state index in [0.29, 0.717) is 17.2 Å². The highest BCUT2D eigenvalue weighted by atomic mass is 32.2. The van der Waals surface area contributed by atoms with Gasteiger partial charge in [0.2, 0.25) is 10.0 Å². The van der Waals surface area contributed by atoms with Gasteiger partial charge < -0.3 is 10.2 Å². The lowest BCUT2D eigenvalue weighted by Gasteiger charge is -2.28. The fraction of sp³-hybridized carbons (Fsp3) is 0.435. The van der Waals surface area contributed by atoms with Crippen molar-refractivity contribution in [3.05, 3.63) is 59.2 Å². The third kappa shape index (κ3) is 4.91. The van der Waals surface area contributed by atoms with Crippen LogP contribution in [0.5, 0.6) is 0 Å². The Bertz CT molecular complexity index is 1010. The molecule has 1 heterocycles. The van der Waals surface area contributed by atoms with Crippen LogP contribution in [0.1, 0.15) is 41.3 Å². The Balaban J connectivity index is 1.78. The highest BCUT2D eigenvalue weighted by molar-refractivity contribution is 7.89. The molecule has 1 aliphatic heterocycles. The molecule has 1 atom stereocenters. The van der Waals surface area contributed by atoms with E-state index in [0.717, 1.165) is 37.1 Å². The third-order valence-corrected chi connectivity index (χ3v) is 7.51. The number of anilines is 1. The van der Waals surface area contributed by atoms with Crippen LogP contribution in [0.2, 0.25) is 0 Å². The van der Waals surface area contributed by atoms with E-state index in [1.165, 1.54) is 0 Å². The average molecular weight is 430 g/mol. The van der Waals surface area contributed by atoms with E-state index < -0.39 is 10.0 Å². The molecule has 0 aromatic heterocycles. The Labute approximate surface area is 179 Å². The Kier molecular flexibility index (Phi) is 6.95. The van der Waals surface area contributed by atoms with Crippen LogP contribution in [-0.4, -0.2) is 40.5 Å². The summed E-state index contributed by atoms with van der Waals surface area (Å²) in [5.41, 5.74) is 2.96. The topological polar surface area (TPSA) is 78.5 Å². The molecule has 0 aliphatic carbocycles. The fourth-order valence-corrected chi connectivity index (χ4v) is 5.42. The van der Waals surface area contributed by atoms with Gasteiger partial charge in [0.1, 0.15) is 0 Å². The summed E-state index contributed by atoms with van der Waals surface area (Å²) in [7, 11) is -1.92. The molecule has 162 valence electrons. The predicted molar refractivity (Wildman–Crippen MR) is 120 cm³/mol. The van der Waals surface area contributed by atoms with Crippen LogP contribution < -0.4 is 14.9 Å². The second-order valence-electron chi connectivity index (χ2n) is 8.12. The minimum absolute atomic E-state index is 0.121. The molecule has 6 nitrogen and oxygen atoms in total. The first kappa shape index (κ1) is 22.5. The molecule has 0 radical (unpaired) electrons. The first-order valence-corrected chi connectivity index (χ1v) is 11.9. The van der Waals surface area contributed by atoms with Gasteiger partial charge in [0.25, 0.3) is 5.91 Å². The van der Waals surface area contributed by atoms with Gasteiger partial charge in [-0.3, -0.25) is 4.79 Å². The number of hydrogen-bond donors (Lipinski definition) is 2. The molecule has 30 heavy (non-hydrogen) atoms. The summed E-state index contributed by atoms with van der Waals surface area (Å²) in [5.74, 6) is 0.212. The minimum Gasteiger partial charge on any atom is -0.317 e. The Morgan fingerprint density at radius 2 is 1.77 bits per heavy atom. The summed E-state index contributed by atoms with van der Waals surface area (Å²) in [4.78, 5) is 14.7. The zero-order valence-corrected chi connectivity index (χ0v) is 18.9. The van der Waals surface area contributed by atoms with Crippen molar-refractivity contribution in [2.45, 2.75) is 44.6 Å². The first-order valence-electron chi connectivity index (χ1n) is 10.4. The molecule has 0 saturated carbocycles. The van der Waals surface area contributed by atoms with E-state index in [1.807, 2.05) is 39.0 Å². The zero-order valence-electron chi connectivity index (χ0n) is 18.1. The summed E-state index contributed by atoms with van der Waals surface area (Å²) in [6, 6.07) is 12.2. The molecule has 1 amide bonds. The van der Waals surface area contributed by atoms with E-state index in [4.69, 9.17) is 0 Å². The van der Waals surface area contributed by atoms with Gasteiger partial charge in [-0.1, -0.05) is 18.2 Å². The Morgan fingerprint density at radius 1 is 1.10 bits per heavy atom. The van der Waals surface area contributed by atoms with Crippen molar-refractivity contribution >= 4 is 21.6 Å². The molecule has 7 heteroatoms. The number of aryl methyl sites for hydroxylation is 2. The van der Waals surface area contributed by atoms with E-state index in [-0.39, 0.29) is 16.8 Å². The van der Waals surface area contributed by atoms with Crippen molar-refractivity contribution in [2.75, 3.05) is 25.0 Å². The maximum absolute atomic E-state index is 12.9. The van der Waals surface area contributed by atoms with E-state index in [2.05, 4.69) is 10.0 Å². The number of benzene rings is 2. The first-order chi connectivity index (χ1) is 14.2. The molecule has 1 fully saturated rings. The molecule has 2 aromatic rings. The lowest BCUT2D eigenvalue weighted by Crippen LogP contribution is -2.42. The van der Waals surface area contributed by atoms with E-state index in [1.54, 1.807) is 36.2 Å². The quantitative estimate of drug-likeness (QED) is 0.739. The van der Waals surface area contributed by atoms with Crippen molar-refractivity contribution in [1.29, 1.82) is 0 Å². The fourth-order valence-electron chi connectivity index (χ4n) is 4.03. The van der Waals surface area contributed by atoms with Crippen molar-refractivity contribution in [3.8, 4) is 0 Å². The van der Waals surface area contributed by atoms with Crippen LogP contribution in [0, 0.1) is 19.8 Å².